The molecule has 24 heavy (non-hydrogen) atoms. The molecule has 126 valence electrons. The van der Waals surface area contributed by atoms with E-state index in [1.165, 1.54) is 17.7 Å². The molecule has 3 N–H and O–H groups in total. The molecule has 0 aliphatic carbocycles. The summed E-state index contributed by atoms with van der Waals surface area (Å²) in [5, 5.41) is 2.68. The number of benzene rings is 2. The van der Waals surface area contributed by atoms with Gasteiger partial charge in [0.25, 0.3) is 0 Å². The topological polar surface area (TPSA) is 53.2 Å². The van der Waals surface area contributed by atoms with Crippen molar-refractivity contribution in [3.8, 4) is 0 Å². The first-order valence-corrected chi connectivity index (χ1v) is 7.82. The highest BCUT2D eigenvalue weighted by molar-refractivity contribution is 5.82. The number of carbonyl (C=O) groups excluding carboxylic acids is 1. The largest absolute Gasteiger partial charge is 0.351 e. The summed E-state index contributed by atoms with van der Waals surface area (Å²) in [4.78, 5) is 12.2. The van der Waals surface area contributed by atoms with Crippen LogP contribution in [0.15, 0.2) is 42.5 Å². The minimum absolute atomic E-state index is 0.0261. The van der Waals surface area contributed by atoms with Crippen LogP contribution in [-0.2, 0) is 11.3 Å². The van der Waals surface area contributed by atoms with Crippen LogP contribution in [0.25, 0.3) is 0 Å². The summed E-state index contributed by atoms with van der Waals surface area (Å²) in [6.07, 6.45) is 0.598. The predicted octanol–water partition coefficient (Wildman–Crippen LogP) is 2.50. The summed E-state index contributed by atoms with van der Waals surface area (Å²) in [7, 11) is 0. The standard InChI is InChI=1S/C18H19F2N3O/c1-11-2-4-12(5-3-11)16-9-17(23-22-16)18(24)21-10-13-6-7-14(19)8-15(13)20/h2-8,16-17,22-23H,9-10H2,1H3,(H,21,24). The van der Waals surface area contributed by atoms with Crippen LogP contribution in [-0.4, -0.2) is 11.9 Å². The minimum atomic E-state index is -0.662. The number of carbonyl (C=O) groups is 1. The van der Waals surface area contributed by atoms with E-state index in [4.69, 9.17) is 0 Å². The number of rotatable bonds is 4. The molecule has 6 heteroatoms. The molecule has 1 amide bonds. The first-order chi connectivity index (χ1) is 11.5. The molecule has 2 unspecified atom stereocenters. The van der Waals surface area contributed by atoms with Crippen LogP contribution in [0.4, 0.5) is 8.78 Å². The van der Waals surface area contributed by atoms with Crippen molar-refractivity contribution >= 4 is 5.91 Å². The van der Waals surface area contributed by atoms with E-state index in [0.717, 1.165) is 11.6 Å². The van der Waals surface area contributed by atoms with E-state index in [9.17, 15) is 13.6 Å². The fourth-order valence-electron chi connectivity index (χ4n) is 2.72. The van der Waals surface area contributed by atoms with Crippen molar-refractivity contribution in [3.63, 3.8) is 0 Å². The summed E-state index contributed by atoms with van der Waals surface area (Å²) >= 11 is 0. The van der Waals surface area contributed by atoms with E-state index in [2.05, 4.69) is 16.2 Å². The Morgan fingerprint density at radius 1 is 1.17 bits per heavy atom. The minimum Gasteiger partial charge on any atom is -0.351 e. The Balaban J connectivity index is 1.55. The van der Waals surface area contributed by atoms with Gasteiger partial charge in [0.15, 0.2) is 0 Å². The molecule has 1 aliphatic heterocycles. The van der Waals surface area contributed by atoms with Crippen molar-refractivity contribution in [2.24, 2.45) is 0 Å². The third-order valence-electron chi connectivity index (χ3n) is 4.17. The van der Waals surface area contributed by atoms with E-state index >= 15 is 0 Å². The van der Waals surface area contributed by atoms with Gasteiger partial charge in [-0.05, 0) is 25.0 Å². The van der Waals surface area contributed by atoms with E-state index in [-0.39, 0.29) is 24.1 Å². The maximum atomic E-state index is 13.6. The fraction of sp³-hybridized carbons (Fsp3) is 0.278. The zero-order valence-electron chi connectivity index (χ0n) is 13.3. The molecule has 4 nitrogen and oxygen atoms in total. The molecule has 0 aromatic heterocycles. The highest BCUT2D eigenvalue weighted by Crippen LogP contribution is 2.22. The second-order valence-electron chi connectivity index (χ2n) is 5.99. The average Bonchev–Trinajstić information content (AvgIpc) is 3.04. The van der Waals surface area contributed by atoms with Crippen molar-refractivity contribution in [1.29, 1.82) is 0 Å². The lowest BCUT2D eigenvalue weighted by Crippen LogP contribution is -2.42. The summed E-state index contributed by atoms with van der Waals surface area (Å²) in [6, 6.07) is 11.1. The molecular weight excluding hydrogens is 312 g/mol. The summed E-state index contributed by atoms with van der Waals surface area (Å²) in [5.41, 5.74) is 8.61. The molecule has 1 aliphatic rings. The third-order valence-corrected chi connectivity index (χ3v) is 4.17. The lowest BCUT2D eigenvalue weighted by Gasteiger charge is -2.11. The molecule has 1 saturated heterocycles. The predicted molar refractivity (Wildman–Crippen MR) is 86.8 cm³/mol. The lowest BCUT2D eigenvalue weighted by molar-refractivity contribution is -0.123. The molecule has 1 heterocycles. The van der Waals surface area contributed by atoms with Gasteiger partial charge in [0.2, 0.25) is 5.91 Å². The first-order valence-electron chi connectivity index (χ1n) is 7.82. The van der Waals surface area contributed by atoms with Crippen LogP contribution in [0.3, 0.4) is 0 Å². The number of hydrogen-bond acceptors (Lipinski definition) is 3. The summed E-state index contributed by atoms with van der Waals surface area (Å²) in [6.45, 7) is 2.05. The third kappa shape index (κ3) is 3.77. The molecule has 3 rings (SSSR count). The van der Waals surface area contributed by atoms with Gasteiger partial charge in [-0.25, -0.2) is 19.6 Å². The van der Waals surface area contributed by atoms with Crippen LogP contribution < -0.4 is 16.2 Å². The smallest absolute Gasteiger partial charge is 0.238 e. The molecule has 0 spiro atoms. The molecule has 1 fully saturated rings. The summed E-state index contributed by atoms with van der Waals surface area (Å²) in [5.74, 6) is -1.52. The van der Waals surface area contributed by atoms with Gasteiger partial charge in [-0.1, -0.05) is 35.9 Å². The number of aryl methyl sites for hydroxylation is 1. The summed E-state index contributed by atoms with van der Waals surface area (Å²) < 4.78 is 26.5. The maximum absolute atomic E-state index is 13.6. The Morgan fingerprint density at radius 3 is 2.62 bits per heavy atom. The van der Waals surface area contributed by atoms with Gasteiger partial charge >= 0.3 is 0 Å². The van der Waals surface area contributed by atoms with Gasteiger partial charge in [0.1, 0.15) is 17.7 Å². The van der Waals surface area contributed by atoms with Crippen LogP contribution in [0.5, 0.6) is 0 Å². The molecular formula is C18H19F2N3O. The van der Waals surface area contributed by atoms with Gasteiger partial charge in [-0.3, -0.25) is 4.79 Å². The molecule has 0 saturated carbocycles. The van der Waals surface area contributed by atoms with Crippen molar-refractivity contribution in [3.05, 3.63) is 70.8 Å². The van der Waals surface area contributed by atoms with Gasteiger partial charge in [0.05, 0.1) is 0 Å². The Labute approximate surface area is 139 Å². The number of nitrogens with one attached hydrogen (secondary N) is 3. The van der Waals surface area contributed by atoms with E-state index in [1.54, 1.807) is 0 Å². The Bertz CT molecular complexity index is 734. The number of hydrazine groups is 1. The van der Waals surface area contributed by atoms with E-state index in [0.29, 0.717) is 6.42 Å². The highest BCUT2D eigenvalue weighted by atomic mass is 19.1. The van der Waals surface area contributed by atoms with Crippen molar-refractivity contribution < 1.29 is 13.6 Å². The molecule has 2 atom stereocenters. The monoisotopic (exact) mass is 331 g/mol. The second-order valence-corrected chi connectivity index (χ2v) is 5.99. The highest BCUT2D eigenvalue weighted by Gasteiger charge is 2.29. The zero-order chi connectivity index (χ0) is 17.1. The first kappa shape index (κ1) is 16.5. The van der Waals surface area contributed by atoms with Crippen molar-refractivity contribution in [2.45, 2.75) is 32.0 Å². The van der Waals surface area contributed by atoms with Gasteiger partial charge in [-0.15, -0.1) is 0 Å². The number of hydrogen-bond donors (Lipinski definition) is 3. The quantitative estimate of drug-likeness (QED) is 0.807. The van der Waals surface area contributed by atoms with Crippen LogP contribution in [0, 0.1) is 18.6 Å². The Hall–Kier alpha value is -2.31. The van der Waals surface area contributed by atoms with Crippen LogP contribution in [0.1, 0.15) is 29.2 Å². The molecule has 2 aromatic carbocycles. The van der Waals surface area contributed by atoms with Gasteiger partial charge in [0, 0.05) is 24.2 Å². The number of amides is 1. The van der Waals surface area contributed by atoms with Crippen molar-refractivity contribution in [1.82, 2.24) is 16.2 Å². The fourth-order valence-corrected chi connectivity index (χ4v) is 2.72. The normalized spacial score (nSPS) is 20.1. The lowest BCUT2D eigenvalue weighted by atomic mass is 10.0. The van der Waals surface area contributed by atoms with Crippen LogP contribution >= 0.6 is 0 Å². The average molecular weight is 331 g/mol. The molecule has 2 aromatic rings. The zero-order valence-corrected chi connectivity index (χ0v) is 13.3. The van der Waals surface area contributed by atoms with Crippen molar-refractivity contribution in [2.75, 3.05) is 0 Å². The Kier molecular flexibility index (Phi) is 4.87. The van der Waals surface area contributed by atoms with Crippen LogP contribution in [0.2, 0.25) is 0 Å². The van der Waals surface area contributed by atoms with E-state index < -0.39 is 17.7 Å². The second kappa shape index (κ2) is 7.07. The SMILES string of the molecule is Cc1ccc(C2CC(C(=O)NCc3ccc(F)cc3F)NN2)cc1. The van der Waals surface area contributed by atoms with Gasteiger partial charge in [-0.2, -0.15) is 0 Å². The maximum Gasteiger partial charge on any atom is 0.238 e. The Morgan fingerprint density at radius 2 is 1.92 bits per heavy atom. The molecule has 0 radical (unpaired) electrons. The van der Waals surface area contributed by atoms with E-state index in [1.807, 2.05) is 31.2 Å². The number of halogens is 2. The molecule has 0 bridgehead atoms. The van der Waals surface area contributed by atoms with Gasteiger partial charge < -0.3 is 5.32 Å².